The van der Waals surface area contributed by atoms with Gasteiger partial charge in [-0.1, -0.05) is 42.5 Å². The van der Waals surface area contributed by atoms with Gasteiger partial charge in [-0.2, -0.15) is 4.31 Å². The van der Waals surface area contributed by atoms with Gasteiger partial charge in [-0.3, -0.25) is 10.1 Å². The summed E-state index contributed by atoms with van der Waals surface area (Å²) in [5, 5.41) is 11.3. The summed E-state index contributed by atoms with van der Waals surface area (Å²) in [5.74, 6) is 0. The molecule has 6 atom stereocenters. The molecule has 3 aliphatic heterocycles. The third-order valence-corrected chi connectivity index (χ3v) is 7.41. The fourth-order valence-corrected chi connectivity index (χ4v) is 6.05. The van der Waals surface area contributed by atoms with Crippen molar-refractivity contribution in [2.24, 2.45) is 0 Å². The van der Waals surface area contributed by atoms with Crippen LogP contribution in [-0.2, 0) is 30.8 Å². The van der Waals surface area contributed by atoms with Gasteiger partial charge in [0.1, 0.15) is 12.2 Å². The minimum atomic E-state index is -4.11. The van der Waals surface area contributed by atoms with Crippen molar-refractivity contribution in [3.8, 4) is 0 Å². The maximum Gasteiger partial charge on any atom is 0.289 e. The summed E-state index contributed by atoms with van der Waals surface area (Å²) in [6.07, 6.45) is -1.58. The van der Waals surface area contributed by atoms with Crippen molar-refractivity contribution in [1.82, 2.24) is 4.31 Å². The monoisotopic (exact) mass is 418 g/mol. The van der Waals surface area contributed by atoms with Gasteiger partial charge in [0, 0.05) is 6.07 Å². The number of benzene rings is 2. The van der Waals surface area contributed by atoms with Gasteiger partial charge in [-0.25, -0.2) is 8.42 Å². The van der Waals surface area contributed by atoms with Gasteiger partial charge in [0.2, 0.25) is 0 Å². The summed E-state index contributed by atoms with van der Waals surface area (Å²) < 4.78 is 45.2. The normalized spacial score (nSPS) is 32.6. The third kappa shape index (κ3) is 3.04. The van der Waals surface area contributed by atoms with Crippen LogP contribution in [-0.4, -0.2) is 54.8 Å². The van der Waals surface area contributed by atoms with E-state index in [0.29, 0.717) is 13.2 Å². The fourth-order valence-electron chi connectivity index (χ4n) is 4.11. The molecule has 152 valence electrons. The largest absolute Gasteiger partial charge is 0.369 e. The number of nitro groups is 1. The van der Waals surface area contributed by atoms with Gasteiger partial charge in [0.05, 0.1) is 30.2 Å². The average Bonchev–Trinajstić information content (AvgIpc) is 3.35. The molecule has 9 nitrogen and oxygen atoms in total. The number of ether oxygens (including phenoxy) is 3. The summed E-state index contributed by atoms with van der Waals surface area (Å²) in [4.78, 5) is 10.3. The first-order valence-electron chi connectivity index (χ1n) is 9.18. The molecule has 1 unspecified atom stereocenters. The van der Waals surface area contributed by atoms with Crippen LogP contribution in [0.25, 0.3) is 0 Å². The van der Waals surface area contributed by atoms with Crippen LogP contribution in [0.5, 0.6) is 0 Å². The highest BCUT2D eigenvalue weighted by atomic mass is 32.2. The molecular weight excluding hydrogens is 400 g/mol. The quantitative estimate of drug-likeness (QED) is 0.399. The first kappa shape index (κ1) is 18.6. The van der Waals surface area contributed by atoms with E-state index in [4.69, 9.17) is 14.2 Å². The van der Waals surface area contributed by atoms with Crippen LogP contribution in [0.4, 0.5) is 5.69 Å². The molecule has 3 saturated heterocycles. The molecule has 3 fully saturated rings. The predicted octanol–water partition coefficient (Wildman–Crippen LogP) is 1.68. The minimum absolute atomic E-state index is 0.304. The van der Waals surface area contributed by atoms with Crippen molar-refractivity contribution in [2.45, 2.75) is 42.1 Å². The van der Waals surface area contributed by atoms with Gasteiger partial charge >= 0.3 is 0 Å². The van der Waals surface area contributed by atoms with Gasteiger partial charge in [0.15, 0.2) is 11.2 Å². The molecule has 0 radical (unpaired) electrons. The maximum absolute atomic E-state index is 13.2. The molecule has 5 rings (SSSR count). The van der Waals surface area contributed by atoms with E-state index in [0.717, 1.165) is 5.56 Å². The molecule has 0 amide bonds. The minimum Gasteiger partial charge on any atom is -0.369 e. The Morgan fingerprint density at radius 3 is 2.59 bits per heavy atom. The van der Waals surface area contributed by atoms with E-state index in [1.165, 1.54) is 28.6 Å². The van der Waals surface area contributed by atoms with Crippen LogP contribution >= 0.6 is 0 Å². The van der Waals surface area contributed by atoms with E-state index in [9.17, 15) is 18.5 Å². The van der Waals surface area contributed by atoms with E-state index >= 15 is 0 Å². The van der Waals surface area contributed by atoms with E-state index in [2.05, 4.69) is 0 Å². The lowest BCUT2D eigenvalue weighted by atomic mass is 10.1. The number of sulfonamides is 1. The summed E-state index contributed by atoms with van der Waals surface area (Å²) in [7, 11) is -4.11. The molecule has 10 heteroatoms. The molecule has 0 aromatic heterocycles. The highest BCUT2D eigenvalue weighted by Gasteiger charge is 2.70. The summed E-state index contributed by atoms with van der Waals surface area (Å²) in [6.45, 7) is 0.634. The molecule has 3 heterocycles. The van der Waals surface area contributed by atoms with Crippen LogP contribution in [0.3, 0.4) is 0 Å². The summed E-state index contributed by atoms with van der Waals surface area (Å²) >= 11 is 0. The lowest BCUT2D eigenvalue weighted by Gasteiger charge is -2.25. The first-order chi connectivity index (χ1) is 14.0. The molecule has 2 bridgehead atoms. The Morgan fingerprint density at radius 2 is 1.83 bits per heavy atom. The second-order valence-electron chi connectivity index (χ2n) is 7.18. The maximum atomic E-state index is 13.2. The van der Waals surface area contributed by atoms with Gasteiger partial charge in [-0.05, 0) is 11.6 Å². The number of nitrogens with zero attached hydrogens (tertiary/aromatic N) is 2. The number of hydrogen-bond donors (Lipinski definition) is 0. The van der Waals surface area contributed by atoms with Crippen molar-refractivity contribution in [3.05, 3.63) is 70.3 Å². The predicted molar refractivity (Wildman–Crippen MR) is 99.3 cm³/mol. The molecule has 2 aromatic carbocycles. The van der Waals surface area contributed by atoms with E-state index in [-0.39, 0.29) is 11.0 Å². The van der Waals surface area contributed by atoms with E-state index in [1.54, 1.807) is 0 Å². The smallest absolute Gasteiger partial charge is 0.289 e. The standard InChI is InChI=1S/C19H18N2O7S/c22-21(23)13-8-4-5-9-15(13)29(24,25)20-16-17(20)19-27-11-14(28-19)18(16)26-10-12-6-2-1-3-7-12/h1-9,14,16-19H,10-11H2/t14-,16+,17-,18-,19-,20?/m1/s1. The first-order valence-corrected chi connectivity index (χ1v) is 10.6. The molecule has 3 aliphatic rings. The zero-order chi connectivity index (χ0) is 20.2. The second kappa shape index (κ2) is 6.85. The Balaban J connectivity index is 1.43. The lowest BCUT2D eigenvalue weighted by Crippen LogP contribution is -2.42. The van der Waals surface area contributed by atoms with Crippen molar-refractivity contribution >= 4 is 15.7 Å². The average molecular weight is 418 g/mol. The Morgan fingerprint density at radius 1 is 1.10 bits per heavy atom. The molecule has 0 N–H and O–H groups in total. The summed E-state index contributed by atoms with van der Waals surface area (Å²) in [5.41, 5.74) is 0.503. The number of rotatable bonds is 6. The molecular formula is C19H18N2O7S. The fraction of sp³-hybridized carbons (Fsp3) is 0.368. The second-order valence-corrected chi connectivity index (χ2v) is 8.99. The van der Waals surface area contributed by atoms with Crippen LogP contribution in [0.2, 0.25) is 0 Å². The van der Waals surface area contributed by atoms with E-state index < -0.39 is 45.1 Å². The number of para-hydroxylation sites is 1. The summed E-state index contributed by atoms with van der Waals surface area (Å²) in [6, 6.07) is 13.8. The van der Waals surface area contributed by atoms with Gasteiger partial charge in [-0.15, -0.1) is 0 Å². The van der Waals surface area contributed by atoms with Gasteiger partial charge < -0.3 is 14.2 Å². The Bertz CT molecular complexity index is 1050. The number of nitro benzene ring substituents is 1. The van der Waals surface area contributed by atoms with Crippen LogP contribution in [0.1, 0.15) is 5.56 Å². The lowest BCUT2D eigenvalue weighted by molar-refractivity contribution is -0.387. The van der Waals surface area contributed by atoms with Crippen molar-refractivity contribution in [1.29, 1.82) is 0 Å². The van der Waals surface area contributed by atoms with Crippen molar-refractivity contribution < 1.29 is 27.6 Å². The van der Waals surface area contributed by atoms with E-state index in [1.807, 2.05) is 30.3 Å². The number of fused-ring (bicyclic) bond motifs is 4. The molecule has 0 aliphatic carbocycles. The molecule has 0 saturated carbocycles. The Kier molecular flexibility index (Phi) is 4.41. The van der Waals surface area contributed by atoms with Crippen LogP contribution < -0.4 is 0 Å². The Labute approximate surface area is 167 Å². The van der Waals surface area contributed by atoms with Gasteiger partial charge in [0.25, 0.3) is 15.7 Å². The number of hydrogen-bond acceptors (Lipinski definition) is 7. The highest BCUT2D eigenvalue weighted by molar-refractivity contribution is 7.89. The zero-order valence-corrected chi connectivity index (χ0v) is 16.0. The zero-order valence-electron chi connectivity index (χ0n) is 15.2. The third-order valence-electron chi connectivity index (χ3n) is 5.47. The Hall–Kier alpha value is -2.37. The highest BCUT2D eigenvalue weighted by Crippen LogP contribution is 2.50. The SMILES string of the molecule is O=[N+]([O-])c1ccccc1S(=O)(=O)N1[C@@H]2[C@H](OCc3ccccc3)[C@H]3CO[C@H](O3)[C@@H]21. The van der Waals surface area contributed by atoms with Crippen LogP contribution in [0.15, 0.2) is 59.5 Å². The van der Waals surface area contributed by atoms with Crippen molar-refractivity contribution in [3.63, 3.8) is 0 Å². The topological polar surface area (TPSA) is 108 Å². The molecule has 0 spiro atoms. The van der Waals surface area contributed by atoms with Crippen molar-refractivity contribution in [2.75, 3.05) is 6.61 Å². The molecule has 29 heavy (non-hydrogen) atoms. The molecule has 2 aromatic rings. The van der Waals surface area contributed by atoms with Crippen LogP contribution in [0, 0.1) is 10.1 Å².